The molecule has 0 aliphatic carbocycles. The fourth-order valence-electron chi connectivity index (χ4n) is 7.12. The van der Waals surface area contributed by atoms with Gasteiger partial charge >= 0.3 is 0 Å². The molecule has 0 radical (unpaired) electrons. The van der Waals surface area contributed by atoms with E-state index < -0.39 is 0 Å². The molecule has 0 saturated carbocycles. The van der Waals surface area contributed by atoms with Crippen molar-refractivity contribution in [2.24, 2.45) is 0 Å². The highest BCUT2D eigenvalue weighted by atomic mass is 16.5. The highest BCUT2D eigenvalue weighted by molar-refractivity contribution is 6.00. The molecule has 9 aromatic rings. The first-order valence-corrected chi connectivity index (χ1v) is 20.6. The molecule has 0 aliphatic rings. The quantitative estimate of drug-likeness (QED) is 0.106. The second kappa shape index (κ2) is 18.2. The van der Waals surface area contributed by atoms with Crippen molar-refractivity contribution in [2.45, 2.75) is 73.5 Å². The summed E-state index contributed by atoms with van der Waals surface area (Å²) in [7, 11) is 0. The first-order chi connectivity index (χ1) is 30.2. The van der Waals surface area contributed by atoms with E-state index in [0.29, 0.717) is 53.9 Å². The van der Waals surface area contributed by atoms with E-state index in [-0.39, 0.29) is 17.3 Å². The molecule has 0 amide bonds. The molecule has 6 aromatic heterocycles. The molecular weight excluding hydrogens is 795 g/mol. The van der Waals surface area contributed by atoms with Gasteiger partial charge in [0.1, 0.15) is 59.3 Å². The van der Waals surface area contributed by atoms with E-state index in [1.165, 1.54) is 30.1 Å². The number of phenols is 1. The van der Waals surface area contributed by atoms with Gasteiger partial charge in [0.25, 0.3) is 0 Å². The first kappa shape index (κ1) is 43.6. The van der Waals surface area contributed by atoms with Gasteiger partial charge in [-0.05, 0) is 79.7 Å². The Morgan fingerprint density at radius 1 is 0.619 bits per heavy atom. The zero-order valence-corrected chi connectivity index (χ0v) is 36.8. The predicted molar refractivity (Wildman–Crippen MR) is 249 cm³/mol. The number of phenolic OH excluding ortho intramolecular Hbond substituents is 1. The summed E-state index contributed by atoms with van der Waals surface area (Å²) in [5.41, 5.74) is 27.7. The monoisotopic (exact) mass is 847 g/mol. The van der Waals surface area contributed by atoms with Crippen LogP contribution in [0.15, 0.2) is 91.8 Å². The lowest BCUT2D eigenvalue weighted by molar-refractivity contribution is 0.137. The summed E-state index contributed by atoms with van der Waals surface area (Å²) in [6.07, 6.45) is 4.39. The Labute approximate surface area is 365 Å². The average molecular weight is 848 g/mol. The number of nitrogens with two attached hydrogens (primary N) is 3. The molecule has 0 bridgehead atoms. The Balaban J connectivity index is 0.000000142. The van der Waals surface area contributed by atoms with Gasteiger partial charge in [0, 0.05) is 29.3 Å². The van der Waals surface area contributed by atoms with Gasteiger partial charge < -0.3 is 27.0 Å². The van der Waals surface area contributed by atoms with Gasteiger partial charge in [-0.2, -0.15) is 15.3 Å². The summed E-state index contributed by atoms with van der Waals surface area (Å²) in [5.74, 6) is 1.47. The van der Waals surface area contributed by atoms with Gasteiger partial charge in [0.05, 0.1) is 34.8 Å². The van der Waals surface area contributed by atoms with Crippen LogP contribution in [-0.4, -0.2) is 77.6 Å². The largest absolute Gasteiger partial charge is 0.508 e. The van der Waals surface area contributed by atoms with Gasteiger partial charge in [0.2, 0.25) is 0 Å². The maximum absolute atomic E-state index is 9.68. The van der Waals surface area contributed by atoms with E-state index in [0.717, 1.165) is 50.1 Å². The van der Waals surface area contributed by atoms with Crippen molar-refractivity contribution in [1.29, 1.82) is 0 Å². The highest BCUT2D eigenvalue weighted by Crippen LogP contribution is 2.35. The smallest absolute Gasteiger partial charge is 0.164 e. The average Bonchev–Trinajstić information content (AvgIpc) is 3.96. The third kappa shape index (κ3) is 9.23. The van der Waals surface area contributed by atoms with E-state index >= 15 is 0 Å². The maximum Gasteiger partial charge on any atom is 0.164 e. The number of benzene rings is 3. The lowest BCUT2D eigenvalue weighted by Crippen LogP contribution is -2.23. The molecule has 17 nitrogen and oxygen atoms in total. The predicted octanol–water partition coefficient (Wildman–Crippen LogP) is 7.92. The lowest BCUT2D eigenvalue weighted by atomic mass is 10.1. The molecule has 9 rings (SSSR count). The zero-order valence-electron chi connectivity index (χ0n) is 36.8. The van der Waals surface area contributed by atoms with Gasteiger partial charge in [-0.1, -0.05) is 59.7 Å². The number of anilines is 3. The number of nitrogen functional groups attached to an aromatic ring is 3. The third-order valence-electron chi connectivity index (χ3n) is 10.0. The summed E-state index contributed by atoms with van der Waals surface area (Å²) >= 11 is 0. The van der Waals surface area contributed by atoms with Crippen LogP contribution in [-0.2, 0) is 16.8 Å². The maximum atomic E-state index is 9.68. The Morgan fingerprint density at radius 2 is 1.10 bits per heavy atom. The van der Waals surface area contributed by atoms with Crippen LogP contribution in [0.2, 0.25) is 0 Å². The van der Waals surface area contributed by atoms with Crippen molar-refractivity contribution < 1.29 is 9.84 Å². The van der Waals surface area contributed by atoms with Crippen LogP contribution >= 0.6 is 0 Å². The third-order valence-corrected chi connectivity index (χ3v) is 10.0. The van der Waals surface area contributed by atoms with Crippen LogP contribution in [0.25, 0.3) is 66.9 Å². The van der Waals surface area contributed by atoms with Crippen molar-refractivity contribution in [2.75, 3.05) is 30.4 Å². The van der Waals surface area contributed by atoms with Gasteiger partial charge in [-0.3, -0.25) is 0 Å². The fraction of sp³-hybridized carbons (Fsp3) is 0.283. The van der Waals surface area contributed by atoms with Crippen molar-refractivity contribution in [1.82, 2.24) is 59.2 Å². The Hall–Kier alpha value is -7.53. The van der Waals surface area contributed by atoms with Crippen molar-refractivity contribution >= 4 is 50.6 Å². The number of nitrogens with zero attached hydrogens (tertiary/aromatic N) is 12. The van der Waals surface area contributed by atoms with Gasteiger partial charge in [-0.15, -0.1) is 0 Å². The normalized spacial score (nSPS) is 11.5. The van der Waals surface area contributed by atoms with Crippen LogP contribution in [0.5, 0.6) is 5.75 Å². The van der Waals surface area contributed by atoms with Crippen LogP contribution < -0.4 is 17.2 Å². The van der Waals surface area contributed by atoms with E-state index in [4.69, 9.17) is 32.1 Å². The Morgan fingerprint density at radius 3 is 1.62 bits per heavy atom. The molecule has 0 atom stereocenters. The highest BCUT2D eigenvalue weighted by Gasteiger charge is 2.24. The van der Waals surface area contributed by atoms with Gasteiger partial charge in [-0.25, -0.2) is 43.9 Å². The molecule has 0 aliphatic heterocycles. The zero-order chi connectivity index (χ0) is 45.0. The second-order valence-electron chi connectivity index (χ2n) is 16.2. The standard InChI is InChI=1S/C16H19N5.C15H17N5O2.C15H17N5/c1-10-6-5-7-11(8-10)13-12-14(17)18-9-19-15(12)21(20-13)16(2,3)4;1-2-22-7-6-20-15-12(14(16)17-9-18-15)13(19-20)10-4-3-5-11(21)8-10;1-9(2)20-15-12(14(16)17-8-18-15)13(19-20)11-6-4-5-10(3)7-11/h5-9H,1-4H3,(H2,17,18,19);3-5,8-9,21H,2,6-7H2,1H3,(H2,16,17,18);4-9H,1-3H3,(H2,16,17,18). The van der Waals surface area contributed by atoms with Crippen LogP contribution in [0.1, 0.15) is 58.7 Å². The number of hydrogen-bond donors (Lipinski definition) is 4. The molecule has 17 heteroatoms. The van der Waals surface area contributed by atoms with Crippen LogP contribution in [0.4, 0.5) is 17.5 Å². The summed E-state index contributed by atoms with van der Waals surface area (Å²) in [6, 6.07) is 23.5. The number of aromatic nitrogens is 12. The molecule has 7 N–H and O–H groups in total. The molecular formula is C46H53N15O2. The minimum Gasteiger partial charge on any atom is -0.508 e. The summed E-state index contributed by atoms with van der Waals surface area (Å²) in [4.78, 5) is 25.3. The number of ether oxygens (including phenoxy) is 1. The van der Waals surface area contributed by atoms with E-state index in [1.807, 2.05) is 46.6 Å². The number of fused-ring (bicyclic) bond motifs is 3. The number of rotatable bonds is 8. The topological polar surface area (TPSA) is 238 Å². The summed E-state index contributed by atoms with van der Waals surface area (Å²) < 4.78 is 10.9. The van der Waals surface area contributed by atoms with Crippen molar-refractivity contribution in [3.63, 3.8) is 0 Å². The summed E-state index contributed by atoms with van der Waals surface area (Å²) in [6.45, 7) is 18.3. The molecule has 324 valence electrons. The first-order valence-electron chi connectivity index (χ1n) is 20.6. The number of aromatic hydroxyl groups is 1. The molecule has 0 saturated heterocycles. The molecule has 3 aromatic carbocycles. The molecule has 0 spiro atoms. The molecule has 63 heavy (non-hydrogen) atoms. The summed E-state index contributed by atoms with van der Waals surface area (Å²) in [5, 5.41) is 26.0. The number of aryl methyl sites for hydroxylation is 2. The molecule has 0 unspecified atom stereocenters. The Kier molecular flexibility index (Phi) is 12.6. The Bertz CT molecular complexity index is 3030. The van der Waals surface area contributed by atoms with Crippen LogP contribution in [0.3, 0.4) is 0 Å². The SMILES string of the molecule is CCOCCn1nc(-c2cccc(O)c2)c2c(N)ncnc21.Cc1cccc(-c2nn(C(C)(C)C)c3ncnc(N)c23)c1.Cc1cccc(-c2nn(C(C)C)c3ncnc(N)c23)c1. The van der Waals surface area contributed by atoms with Crippen molar-refractivity contribution in [3.8, 4) is 39.5 Å². The van der Waals surface area contributed by atoms with Gasteiger partial charge in [0.15, 0.2) is 16.9 Å². The minimum absolute atomic E-state index is 0.171. The van der Waals surface area contributed by atoms with Crippen molar-refractivity contribution in [3.05, 3.63) is 103 Å². The molecule has 0 fully saturated rings. The molecule has 6 heterocycles. The number of hydrogen-bond acceptors (Lipinski definition) is 14. The second-order valence-corrected chi connectivity index (χ2v) is 16.2. The van der Waals surface area contributed by atoms with E-state index in [1.54, 1.807) is 22.9 Å². The lowest BCUT2D eigenvalue weighted by Gasteiger charge is -2.19. The van der Waals surface area contributed by atoms with E-state index in [2.05, 4.69) is 108 Å². The minimum atomic E-state index is -0.179. The van der Waals surface area contributed by atoms with Crippen LogP contribution in [0, 0.1) is 13.8 Å². The van der Waals surface area contributed by atoms with E-state index in [9.17, 15) is 5.11 Å². The fourth-order valence-corrected chi connectivity index (χ4v) is 7.12.